The van der Waals surface area contributed by atoms with E-state index in [0.717, 1.165) is 5.56 Å². The van der Waals surface area contributed by atoms with E-state index in [-0.39, 0.29) is 18.6 Å². The quantitative estimate of drug-likeness (QED) is 0.810. The number of esters is 1. The maximum Gasteiger partial charge on any atom is 0.314 e. The molecule has 5 heteroatoms. The molecule has 20 heavy (non-hydrogen) atoms. The number of hydrogen-bond acceptors (Lipinski definition) is 5. The summed E-state index contributed by atoms with van der Waals surface area (Å²) in [5.74, 6) is 0.986. The van der Waals surface area contributed by atoms with E-state index in [4.69, 9.17) is 19.9 Å². The van der Waals surface area contributed by atoms with Gasteiger partial charge in [0.1, 0.15) is 18.1 Å². The number of methoxy groups -OCH3 is 2. The van der Waals surface area contributed by atoms with Gasteiger partial charge in [0.15, 0.2) is 0 Å². The largest absolute Gasteiger partial charge is 0.497 e. The molecule has 1 atom stereocenters. The third-order valence-electron chi connectivity index (χ3n) is 3.04. The fourth-order valence-electron chi connectivity index (χ4n) is 1.74. The van der Waals surface area contributed by atoms with Crippen LogP contribution in [0.15, 0.2) is 18.2 Å². The van der Waals surface area contributed by atoms with Crippen LogP contribution in [0.1, 0.15) is 32.4 Å². The van der Waals surface area contributed by atoms with Gasteiger partial charge < -0.3 is 19.9 Å². The molecule has 5 nitrogen and oxygen atoms in total. The standard InChI is InChI=1S/C15H23NO4/c1-10(16)12-7-6-11(18-4)8-13(12)20-9-15(2,3)14(17)19-5/h6-8,10H,9,16H2,1-5H3/t10-/m1/s1. The minimum atomic E-state index is -0.729. The zero-order chi connectivity index (χ0) is 15.3. The lowest BCUT2D eigenvalue weighted by molar-refractivity contribution is -0.152. The molecule has 0 aliphatic carbocycles. The van der Waals surface area contributed by atoms with Crippen molar-refractivity contribution in [1.29, 1.82) is 0 Å². The summed E-state index contributed by atoms with van der Waals surface area (Å²) in [6.07, 6.45) is 0. The molecule has 0 heterocycles. The average molecular weight is 281 g/mol. The van der Waals surface area contributed by atoms with E-state index in [1.165, 1.54) is 7.11 Å². The number of carbonyl (C=O) groups is 1. The zero-order valence-corrected chi connectivity index (χ0v) is 12.7. The Bertz CT molecular complexity index is 469. The second-order valence-corrected chi connectivity index (χ2v) is 5.36. The lowest BCUT2D eigenvalue weighted by Gasteiger charge is -2.23. The van der Waals surface area contributed by atoms with Crippen molar-refractivity contribution in [1.82, 2.24) is 0 Å². The van der Waals surface area contributed by atoms with Crippen LogP contribution in [0.3, 0.4) is 0 Å². The van der Waals surface area contributed by atoms with Gasteiger partial charge in [0.05, 0.1) is 19.6 Å². The van der Waals surface area contributed by atoms with Crippen LogP contribution in [0, 0.1) is 5.41 Å². The number of carbonyl (C=O) groups excluding carboxylic acids is 1. The second-order valence-electron chi connectivity index (χ2n) is 5.36. The first-order valence-corrected chi connectivity index (χ1v) is 6.46. The SMILES string of the molecule is COC(=O)C(C)(C)COc1cc(OC)ccc1[C@@H](C)N. The Balaban J connectivity index is 2.93. The highest BCUT2D eigenvalue weighted by Crippen LogP contribution is 2.30. The van der Waals surface area contributed by atoms with E-state index in [9.17, 15) is 4.79 Å². The first-order chi connectivity index (χ1) is 9.31. The first-order valence-electron chi connectivity index (χ1n) is 6.46. The Morgan fingerprint density at radius 1 is 1.35 bits per heavy atom. The number of ether oxygens (including phenoxy) is 3. The average Bonchev–Trinajstić information content (AvgIpc) is 2.43. The molecule has 1 aromatic carbocycles. The molecule has 2 N–H and O–H groups in total. The monoisotopic (exact) mass is 281 g/mol. The van der Waals surface area contributed by atoms with Gasteiger partial charge in [0.2, 0.25) is 0 Å². The van der Waals surface area contributed by atoms with Crippen molar-refractivity contribution < 1.29 is 19.0 Å². The van der Waals surface area contributed by atoms with Gasteiger partial charge >= 0.3 is 5.97 Å². The molecule has 0 radical (unpaired) electrons. The van der Waals surface area contributed by atoms with Crippen LogP contribution in [0.25, 0.3) is 0 Å². The molecular formula is C15H23NO4. The Labute approximate surface area is 120 Å². The van der Waals surface area contributed by atoms with Crippen molar-refractivity contribution in [2.24, 2.45) is 11.1 Å². The number of hydrogen-bond donors (Lipinski definition) is 1. The van der Waals surface area contributed by atoms with Gasteiger partial charge in [0, 0.05) is 17.7 Å². The molecule has 0 unspecified atom stereocenters. The molecule has 0 saturated carbocycles. The highest BCUT2D eigenvalue weighted by molar-refractivity contribution is 5.75. The zero-order valence-electron chi connectivity index (χ0n) is 12.7. The summed E-state index contributed by atoms with van der Waals surface area (Å²) in [6.45, 7) is 5.61. The molecule has 0 saturated heterocycles. The maximum absolute atomic E-state index is 11.6. The Hall–Kier alpha value is -1.75. The Morgan fingerprint density at radius 2 is 2.00 bits per heavy atom. The van der Waals surface area contributed by atoms with Gasteiger partial charge in [0.25, 0.3) is 0 Å². The molecule has 0 fully saturated rings. The van der Waals surface area contributed by atoms with Crippen molar-refractivity contribution in [3.63, 3.8) is 0 Å². The first kappa shape index (κ1) is 16.3. The van der Waals surface area contributed by atoms with Crippen LogP contribution in [-0.2, 0) is 9.53 Å². The van der Waals surface area contributed by atoms with Gasteiger partial charge in [-0.15, -0.1) is 0 Å². The summed E-state index contributed by atoms with van der Waals surface area (Å²) in [6, 6.07) is 5.30. The van der Waals surface area contributed by atoms with E-state index >= 15 is 0 Å². The summed E-state index contributed by atoms with van der Waals surface area (Å²) >= 11 is 0. The van der Waals surface area contributed by atoms with Gasteiger partial charge in [-0.05, 0) is 26.8 Å². The lowest BCUT2D eigenvalue weighted by Crippen LogP contribution is -2.32. The van der Waals surface area contributed by atoms with Gasteiger partial charge in [-0.1, -0.05) is 6.07 Å². The minimum absolute atomic E-state index is 0.169. The van der Waals surface area contributed by atoms with E-state index in [1.54, 1.807) is 27.0 Å². The highest BCUT2D eigenvalue weighted by atomic mass is 16.5. The van der Waals surface area contributed by atoms with Crippen molar-refractivity contribution in [2.45, 2.75) is 26.8 Å². The van der Waals surface area contributed by atoms with E-state index in [2.05, 4.69) is 0 Å². The van der Waals surface area contributed by atoms with Crippen LogP contribution in [-0.4, -0.2) is 26.8 Å². The van der Waals surface area contributed by atoms with Crippen LogP contribution >= 0.6 is 0 Å². The Morgan fingerprint density at radius 3 is 2.50 bits per heavy atom. The van der Waals surface area contributed by atoms with Crippen molar-refractivity contribution in [3.8, 4) is 11.5 Å². The number of benzene rings is 1. The van der Waals surface area contributed by atoms with Crippen LogP contribution in [0.4, 0.5) is 0 Å². The molecule has 0 spiro atoms. The van der Waals surface area contributed by atoms with Crippen molar-refractivity contribution in [2.75, 3.05) is 20.8 Å². The predicted molar refractivity (Wildman–Crippen MR) is 76.9 cm³/mol. The van der Waals surface area contributed by atoms with Crippen molar-refractivity contribution in [3.05, 3.63) is 23.8 Å². The van der Waals surface area contributed by atoms with Gasteiger partial charge in [-0.3, -0.25) is 4.79 Å². The van der Waals surface area contributed by atoms with Crippen molar-refractivity contribution >= 4 is 5.97 Å². The van der Waals surface area contributed by atoms with E-state index < -0.39 is 5.41 Å². The summed E-state index contributed by atoms with van der Waals surface area (Å²) in [5, 5.41) is 0. The maximum atomic E-state index is 11.6. The number of nitrogens with two attached hydrogens (primary N) is 1. The molecule has 1 rings (SSSR count). The normalized spacial score (nSPS) is 12.7. The van der Waals surface area contributed by atoms with Gasteiger partial charge in [-0.2, -0.15) is 0 Å². The predicted octanol–water partition coefficient (Wildman–Crippen LogP) is 2.29. The van der Waals surface area contributed by atoms with Crippen LogP contribution in [0.5, 0.6) is 11.5 Å². The van der Waals surface area contributed by atoms with Crippen LogP contribution in [0.2, 0.25) is 0 Å². The van der Waals surface area contributed by atoms with E-state index in [0.29, 0.717) is 11.5 Å². The topological polar surface area (TPSA) is 70.8 Å². The van der Waals surface area contributed by atoms with E-state index in [1.807, 2.05) is 19.1 Å². The molecule has 1 aromatic rings. The summed E-state index contributed by atoms with van der Waals surface area (Å²) in [7, 11) is 2.95. The highest BCUT2D eigenvalue weighted by Gasteiger charge is 2.30. The smallest absolute Gasteiger partial charge is 0.314 e. The van der Waals surface area contributed by atoms with Crippen LogP contribution < -0.4 is 15.2 Å². The minimum Gasteiger partial charge on any atom is -0.497 e. The molecule has 0 aliphatic rings. The molecule has 0 bridgehead atoms. The molecule has 112 valence electrons. The third kappa shape index (κ3) is 3.87. The summed E-state index contributed by atoms with van der Waals surface area (Å²) < 4.78 is 15.7. The molecule has 0 aromatic heterocycles. The fourth-order valence-corrected chi connectivity index (χ4v) is 1.74. The molecule has 0 aliphatic heterocycles. The summed E-state index contributed by atoms with van der Waals surface area (Å²) in [4.78, 5) is 11.6. The Kier molecular flexibility index (Phi) is 5.39. The molecule has 0 amide bonds. The second kappa shape index (κ2) is 6.61. The molecular weight excluding hydrogens is 258 g/mol. The van der Waals surface area contributed by atoms with Gasteiger partial charge in [-0.25, -0.2) is 0 Å². The lowest BCUT2D eigenvalue weighted by atomic mass is 9.95. The third-order valence-corrected chi connectivity index (χ3v) is 3.04. The fraction of sp³-hybridized carbons (Fsp3) is 0.533. The number of rotatable bonds is 6. The summed E-state index contributed by atoms with van der Waals surface area (Å²) in [5.41, 5.74) is 6.06.